The predicted octanol–water partition coefficient (Wildman–Crippen LogP) is 2.48. The zero-order valence-electron chi connectivity index (χ0n) is 15.9. The molecule has 0 saturated heterocycles. The second-order valence-electron chi connectivity index (χ2n) is 5.10. The molecule has 1 aliphatic heterocycles. The van der Waals surface area contributed by atoms with Crippen LogP contribution in [0.3, 0.4) is 0 Å². The first-order valence-electron chi connectivity index (χ1n) is 8.90. The first-order chi connectivity index (χ1) is 12.3. The molecule has 0 fully saturated rings. The average molecular weight is 312 g/mol. The van der Waals surface area contributed by atoms with Crippen LogP contribution in [0.5, 0.6) is 0 Å². The molecule has 116 valence electrons. The lowest BCUT2D eigenvalue weighted by molar-refractivity contribution is 0.669. The normalized spacial score (nSPS) is 20.7. The number of hydrogen-bond acceptors (Lipinski definition) is 4. The van der Waals surface area contributed by atoms with Crippen molar-refractivity contribution in [1.82, 2.24) is 9.55 Å². The number of rotatable bonds is 2. The van der Waals surface area contributed by atoms with E-state index in [1.807, 2.05) is 6.07 Å². The minimum Gasteiger partial charge on any atom is -0.331 e. The van der Waals surface area contributed by atoms with Gasteiger partial charge in [0.2, 0.25) is 0 Å². The number of aromatic nitrogens is 2. The van der Waals surface area contributed by atoms with Crippen LogP contribution in [0.2, 0.25) is 0 Å². The lowest BCUT2D eigenvalue weighted by Gasteiger charge is -2.20. The molecule has 1 aromatic heterocycles. The van der Waals surface area contributed by atoms with Crippen molar-refractivity contribution in [1.29, 1.82) is 5.26 Å². The van der Waals surface area contributed by atoms with Crippen LogP contribution in [0.25, 0.3) is 6.08 Å². The molecule has 2 heterocycles. The highest BCUT2D eigenvalue weighted by atomic mass is 16.1. The number of aryl methyl sites for hydroxylation is 2. The zero-order chi connectivity index (χ0) is 19.1. The summed E-state index contributed by atoms with van der Waals surface area (Å²) in [7, 11) is 0. The summed E-state index contributed by atoms with van der Waals surface area (Å²) >= 11 is 0. The first-order valence-corrected chi connectivity index (χ1v) is 7.32. The summed E-state index contributed by atoms with van der Waals surface area (Å²) < 4.78 is 26.8. The van der Waals surface area contributed by atoms with Crippen LogP contribution in [-0.4, -0.2) is 16.1 Å². The Morgan fingerprint density at radius 3 is 2.96 bits per heavy atom. The number of nitrogens with zero attached hydrogens (tertiary/aromatic N) is 4. The van der Waals surface area contributed by atoms with Crippen LogP contribution in [0, 0.1) is 18.3 Å². The van der Waals surface area contributed by atoms with Gasteiger partial charge in [0.25, 0.3) is 5.56 Å². The van der Waals surface area contributed by atoms with Gasteiger partial charge in [-0.15, -0.1) is 0 Å². The van der Waals surface area contributed by atoms with Crippen LogP contribution in [0.4, 0.5) is 5.82 Å². The van der Waals surface area contributed by atoms with Crippen molar-refractivity contribution >= 4 is 11.9 Å². The maximum Gasteiger partial charge on any atom is 0.273 e. The van der Waals surface area contributed by atoms with E-state index < -0.39 is 18.5 Å². The van der Waals surface area contributed by atoms with Gasteiger partial charge in [0, 0.05) is 22.0 Å². The van der Waals surface area contributed by atoms with Crippen molar-refractivity contribution in [2.75, 3.05) is 11.4 Å². The third-order valence-corrected chi connectivity index (χ3v) is 3.75. The second-order valence-corrected chi connectivity index (χ2v) is 5.10. The van der Waals surface area contributed by atoms with Crippen molar-refractivity contribution in [3.05, 3.63) is 63.3 Å². The van der Waals surface area contributed by atoms with E-state index in [1.165, 1.54) is 15.7 Å². The van der Waals surface area contributed by atoms with Gasteiger partial charge in [0.1, 0.15) is 11.9 Å². The Morgan fingerprint density at radius 2 is 2.22 bits per heavy atom. The largest absolute Gasteiger partial charge is 0.331 e. The number of benzene rings is 1. The quantitative estimate of drug-likeness (QED) is 0.854. The molecule has 0 radical (unpaired) electrons. The number of nitriles is 1. The minimum atomic E-state index is -2.03. The van der Waals surface area contributed by atoms with E-state index in [1.54, 1.807) is 44.2 Å². The van der Waals surface area contributed by atoms with Crippen molar-refractivity contribution in [3.63, 3.8) is 0 Å². The molecule has 2 aromatic rings. The summed E-state index contributed by atoms with van der Waals surface area (Å²) in [6.07, 6.45) is 1.16. The summed E-state index contributed by atoms with van der Waals surface area (Å²) in [6.45, 7) is 2.40. The van der Waals surface area contributed by atoms with Gasteiger partial charge in [-0.25, -0.2) is 4.98 Å². The van der Waals surface area contributed by atoms with Gasteiger partial charge in [0.15, 0.2) is 11.4 Å². The second kappa shape index (κ2) is 6.09. The molecule has 5 nitrogen and oxygen atoms in total. The third-order valence-electron chi connectivity index (χ3n) is 3.75. The Bertz CT molecular complexity index is 991. The van der Waals surface area contributed by atoms with Crippen molar-refractivity contribution < 1.29 is 4.11 Å². The SMILES string of the molecule is [3H]C1N(c2nc(C)n(CC)c(=O)c2C#N)C=Cc2ccccc2C1([3H])[3H]. The summed E-state index contributed by atoms with van der Waals surface area (Å²) in [5, 5.41) is 9.49. The van der Waals surface area contributed by atoms with Gasteiger partial charge < -0.3 is 4.90 Å². The third kappa shape index (κ3) is 2.64. The maximum atomic E-state index is 12.6. The molecule has 1 atom stereocenters. The highest BCUT2D eigenvalue weighted by Crippen LogP contribution is 2.22. The zero-order valence-corrected chi connectivity index (χ0v) is 12.9. The lowest BCUT2D eigenvalue weighted by Crippen LogP contribution is -2.30. The highest BCUT2D eigenvalue weighted by Gasteiger charge is 2.19. The topological polar surface area (TPSA) is 61.9 Å². The molecular formula is C18H18N4O. The number of fused-ring (bicyclic) bond motifs is 1. The van der Waals surface area contributed by atoms with Gasteiger partial charge in [-0.3, -0.25) is 9.36 Å². The molecule has 0 aliphatic carbocycles. The standard InChI is InChI=1S/C18H18N4O/c1-3-22-13(2)20-17(16(12-19)18(22)23)21-10-8-14-6-4-5-7-15(14)9-11-21/h4-8,10H,3,9,11H2,1-2H3/i9T2,11T. The smallest absolute Gasteiger partial charge is 0.273 e. The Morgan fingerprint density at radius 1 is 1.43 bits per heavy atom. The summed E-state index contributed by atoms with van der Waals surface area (Å²) in [4.78, 5) is 18.2. The molecule has 1 aromatic carbocycles. The van der Waals surface area contributed by atoms with Crippen molar-refractivity contribution in [3.8, 4) is 6.07 Å². The summed E-state index contributed by atoms with van der Waals surface area (Å²) in [5.41, 5.74) is 0.354. The monoisotopic (exact) mass is 312 g/mol. The number of anilines is 1. The van der Waals surface area contributed by atoms with Crippen LogP contribution in [0.15, 0.2) is 35.3 Å². The Kier molecular flexibility index (Phi) is 3.09. The maximum absolute atomic E-state index is 12.6. The number of hydrogen-bond donors (Lipinski definition) is 0. The Labute approximate surface area is 139 Å². The van der Waals surface area contributed by atoms with Crippen LogP contribution < -0.4 is 10.5 Å². The fourth-order valence-corrected chi connectivity index (χ4v) is 2.55. The molecule has 0 bridgehead atoms. The van der Waals surface area contributed by atoms with Crippen molar-refractivity contribution in [2.24, 2.45) is 0 Å². The van der Waals surface area contributed by atoms with E-state index in [-0.39, 0.29) is 11.4 Å². The molecule has 5 heteroatoms. The van der Waals surface area contributed by atoms with E-state index >= 15 is 0 Å². The Hall–Kier alpha value is -2.87. The van der Waals surface area contributed by atoms with Crippen LogP contribution in [-0.2, 0) is 12.9 Å². The molecule has 0 amide bonds. The van der Waals surface area contributed by atoms with E-state index in [2.05, 4.69) is 4.98 Å². The van der Waals surface area contributed by atoms with E-state index in [9.17, 15) is 10.1 Å². The Balaban J connectivity index is 2.24. The van der Waals surface area contributed by atoms with E-state index in [0.29, 0.717) is 23.5 Å². The van der Waals surface area contributed by atoms with Crippen LogP contribution >= 0.6 is 0 Å². The van der Waals surface area contributed by atoms with Gasteiger partial charge in [-0.05, 0) is 37.4 Å². The lowest BCUT2D eigenvalue weighted by atomic mass is 10.1. The molecular weight excluding hydrogens is 288 g/mol. The average Bonchev–Trinajstić information content (AvgIpc) is 2.71. The van der Waals surface area contributed by atoms with Gasteiger partial charge in [-0.2, -0.15) is 5.26 Å². The molecule has 3 rings (SSSR count). The molecule has 23 heavy (non-hydrogen) atoms. The van der Waals surface area contributed by atoms with E-state index in [4.69, 9.17) is 4.11 Å². The minimum absolute atomic E-state index is 0.00707. The molecule has 1 aliphatic rings. The van der Waals surface area contributed by atoms with Crippen LogP contribution in [0.1, 0.15) is 33.6 Å². The summed E-state index contributed by atoms with van der Waals surface area (Å²) in [6, 6.07) is 8.79. The van der Waals surface area contributed by atoms with Gasteiger partial charge >= 0.3 is 0 Å². The van der Waals surface area contributed by atoms with Gasteiger partial charge in [-0.1, -0.05) is 24.3 Å². The predicted molar refractivity (Wildman–Crippen MR) is 90.1 cm³/mol. The fraction of sp³-hybridized carbons (Fsp3) is 0.278. The summed E-state index contributed by atoms with van der Waals surface area (Å²) in [5.74, 6) is 0.419. The van der Waals surface area contributed by atoms with E-state index in [0.717, 1.165) is 0 Å². The molecule has 0 spiro atoms. The molecule has 0 saturated carbocycles. The molecule has 0 N–H and O–H groups in total. The highest BCUT2D eigenvalue weighted by molar-refractivity contribution is 5.63. The molecule has 1 unspecified atom stereocenters. The van der Waals surface area contributed by atoms with Crippen molar-refractivity contribution in [2.45, 2.75) is 26.8 Å². The fourth-order valence-electron chi connectivity index (χ4n) is 2.55. The van der Waals surface area contributed by atoms with Gasteiger partial charge in [0.05, 0.1) is 1.37 Å². The first kappa shape index (κ1) is 11.7.